The molecule has 0 saturated heterocycles. The fourth-order valence-electron chi connectivity index (χ4n) is 1.90. The summed E-state index contributed by atoms with van der Waals surface area (Å²) in [4.78, 5) is 0. The van der Waals surface area contributed by atoms with Crippen molar-refractivity contribution in [2.24, 2.45) is 0 Å². The number of hydrogen-bond donors (Lipinski definition) is 2. The fourth-order valence-corrected chi connectivity index (χ4v) is 2.29. The van der Waals surface area contributed by atoms with Gasteiger partial charge in [-0.2, -0.15) is 8.78 Å². The number of rotatable bonds is 6. The van der Waals surface area contributed by atoms with Crippen LogP contribution in [0.4, 0.5) is 14.5 Å². The van der Waals surface area contributed by atoms with Crippen LogP contribution in [0, 0.1) is 0 Å². The minimum absolute atomic E-state index is 0.0906. The van der Waals surface area contributed by atoms with Gasteiger partial charge in [0.15, 0.2) is 0 Å². The topological polar surface area (TPSA) is 41.5 Å². The Kier molecular flexibility index (Phi) is 5.52. The third-order valence-electron chi connectivity index (χ3n) is 2.86. The molecular formula is C15H14BrF2NO2. The lowest BCUT2D eigenvalue weighted by molar-refractivity contribution is -0.0498. The van der Waals surface area contributed by atoms with Gasteiger partial charge in [0.05, 0.1) is 12.6 Å². The zero-order valence-electron chi connectivity index (χ0n) is 11.0. The second-order valence-electron chi connectivity index (χ2n) is 4.34. The van der Waals surface area contributed by atoms with Crippen molar-refractivity contribution in [1.82, 2.24) is 0 Å². The predicted octanol–water partition coefficient (Wildman–Crippen LogP) is 4.20. The Labute approximate surface area is 129 Å². The Morgan fingerprint density at radius 1 is 1.14 bits per heavy atom. The second kappa shape index (κ2) is 7.38. The molecule has 1 unspecified atom stereocenters. The van der Waals surface area contributed by atoms with Gasteiger partial charge in [-0.25, -0.2) is 0 Å². The van der Waals surface area contributed by atoms with Crippen LogP contribution in [0.3, 0.4) is 0 Å². The number of benzene rings is 2. The average molecular weight is 358 g/mol. The van der Waals surface area contributed by atoms with Crippen LogP contribution in [0.15, 0.2) is 53.0 Å². The molecule has 2 aromatic carbocycles. The monoisotopic (exact) mass is 357 g/mol. The number of aliphatic hydroxyl groups is 1. The molecule has 2 N–H and O–H groups in total. The first-order chi connectivity index (χ1) is 10.1. The maximum absolute atomic E-state index is 12.1. The number of nitrogens with one attached hydrogen (secondary N) is 1. The maximum Gasteiger partial charge on any atom is 0.387 e. The number of anilines is 1. The Morgan fingerprint density at radius 2 is 1.86 bits per heavy atom. The number of ether oxygens (including phenoxy) is 1. The predicted molar refractivity (Wildman–Crippen MR) is 80.7 cm³/mol. The van der Waals surface area contributed by atoms with Crippen LogP contribution in [0.2, 0.25) is 0 Å². The molecule has 2 rings (SSSR count). The molecule has 0 aliphatic rings. The molecule has 0 aliphatic heterocycles. The van der Waals surface area contributed by atoms with Crippen molar-refractivity contribution in [3.63, 3.8) is 0 Å². The van der Waals surface area contributed by atoms with E-state index < -0.39 is 6.61 Å². The van der Waals surface area contributed by atoms with Crippen molar-refractivity contribution in [1.29, 1.82) is 0 Å². The highest BCUT2D eigenvalue weighted by Gasteiger charge is 2.11. The molecule has 0 aromatic heterocycles. The van der Waals surface area contributed by atoms with Gasteiger partial charge in [-0.1, -0.05) is 34.1 Å². The van der Waals surface area contributed by atoms with Crippen LogP contribution in [0.5, 0.6) is 5.75 Å². The Hall–Kier alpha value is -1.66. The van der Waals surface area contributed by atoms with Gasteiger partial charge in [-0.3, -0.25) is 0 Å². The van der Waals surface area contributed by atoms with Gasteiger partial charge in [-0.05, 0) is 35.9 Å². The lowest BCUT2D eigenvalue weighted by atomic mass is 10.1. The zero-order valence-corrected chi connectivity index (χ0v) is 12.6. The highest BCUT2D eigenvalue weighted by Crippen LogP contribution is 2.24. The van der Waals surface area contributed by atoms with E-state index in [1.54, 1.807) is 12.1 Å². The molecule has 21 heavy (non-hydrogen) atoms. The summed E-state index contributed by atoms with van der Waals surface area (Å²) in [6.45, 7) is -2.97. The quantitative estimate of drug-likeness (QED) is 0.814. The number of aliphatic hydroxyl groups excluding tert-OH is 1. The summed E-state index contributed by atoms with van der Waals surface area (Å²) < 4.78 is 29.4. The summed E-state index contributed by atoms with van der Waals surface area (Å²) in [6.07, 6.45) is 0. The lowest BCUT2D eigenvalue weighted by Gasteiger charge is -2.18. The zero-order chi connectivity index (χ0) is 15.2. The summed E-state index contributed by atoms with van der Waals surface area (Å²) >= 11 is 3.37. The Balaban J connectivity index is 2.10. The third-order valence-corrected chi connectivity index (χ3v) is 3.35. The van der Waals surface area contributed by atoms with E-state index in [0.717, 1.165) is 15.7 Å². The van der Waals surface area contributed by atoms with Crippen molar-refractivity contribution < 1.29 is 18.6 Å². The highest BCUT2D eigenvalue weighted by molar-refractivity contribution is 9.10. The van der Waals surface area contributed by atoms with Gasteiger partial charge < -0.3 is 15.2 Å². The van der Waals surface area contributed by atoms with Gasteiger partial charge >= 0.3 is 6.61 Å². The largest absolute Gasteiger partial charge is 0.435 e. The van der Waals surface area contributed by atoms with E-state index in [1.165, 1.54) is 12.1 Å². The number of alkyl halides is 2. The molecule has 0 saturated carbocycles. The van der Waals surface area contributed by atoms with Crippen LogP contribution in [0.25, 0.3) is 0 Å². The van der Waals surface area contributed by atoms with Crippen molar-refractivity contribution in [3.05, 3.63) is 58.6 Å². The van der Waals surface area contributed by atoms with E-state index in [0.29, 0.717) is 0 Å². The molecular weight excluding hydrogens is 344 g/mol. The standard InChI is InChI=1S/C15H14BrF2NO2/c16-11-2-1-3-12(8-11)19-14(9-20)10-4-6-13(7-5-10)21-15(17)18/h1-8,14-15,19-20H,9H2. The maximum atomic E-state index is 12.1. The van der Waals surface area contributed by atoms with Crippen LogP contribution >= 0.6 is 15.9 Å². The van der Waals surface area contributed by atoms with Gasteiger partial charge in [0.2, 0.25) is 0 Å². The summed E-state index contributed by atoms with van der Waals surface area (Å²) in [5.74, 6) is 0.0906. The molecule has 1 atom stereocenters. The molecule has 6 heteroatoms. The normalized spacial score (nSPS) is 12.2. The van der Waals surface area contributed by atoms with Crippen molar-refractivity contribution in [3.8, 4) is 5.75 Å². The van der Waals surface area contributed by atoms with Crippen LogP contribution in [0.1, 0.15) is 11.6 Å². The molecule has 0 aliphatic carbocycles. The first-order valence-electron chi connectivity index (χ1n) is 6.26. The lowest BCUT2D eigenvalue weighted by Crippen LogP contribution is -2.14. The molecule has 0 fully saturated rings. The van der Waals surface area contributed by atoms with Crippen molar-refractivity contribution in [2.45, 2.75) is 12.7 Å². The van der Waals surface area contributed by atoms with Crippen LogP contribution < -0.4 is 10.1 Å². The van der Waals surface area contributed by atoms with Crippen molar-refractivity contribution in [2.75, 3.05) is 11.9 Å². The van der Waals surface area contributed by atoms with E-state index in [9.17, 15) is 13.9 Å². The fraction of sp³-hybridized carbons (Fsp3) is 0.200. The van der Waals surface area contributed by atoms with E-state index in [1.807, 2.05) is 24.3 Å². The second-order valence-corrected chi connectivity index (χ2v) is 5.25. The van der Waals surface area contributed by atoms with Gasteiger partial charge in [0.1, 0.15) is 5.75 Å². The smallest absolute Gasteiger partial charge is 0.387 e. The van der Waals surface area contributed by atoms with E-state index in [2.05, 4.69) is 26.0 Å². The number of halogens is 3. The van der Waals surface area contributed by atoms with Crippen molar-refractivity contribution >= 4 is 21.6 Å². The Bertz CT molecular complexity index is 578. The minimum atomic E-state index is -2.84. The van der Waals surface area contributed by atoms with Crippen LogP contribution in [-0.4, -0.2) is 18.3 Å². The summed E-state index contributed by atoms with van der Waals surface area (Å²) in [6, 6.07) is 13.4. The number of hydrogen-bond acceptors (Lipinski definition) is 3. The van der Waals surface area contributed by atoms with Gasteiger partial charge in [0.25, 0.3) is 0 Å². The molecule has 0 amide bonds. The molecule has 3 nitrogen and oxygen atoms in total. The molecule has 112 valence electrons. The SMILES string of the molecule is OCC(Nc1cccc(Br)c1)c1ccc(OC(F)F)cc1. The Morgan fingerprint density at radius 3 is 2.43 bits per heavy atom. The first kappa shape index (κ1) is 15.7. The van der Waals surface area contributed by atoms with Gasteiger partial charge in [0, 0.05) is 10.2 Å². The molecule has 2 aromatic rings. The van der Waals surface area contributed by atoms with Crippen LogP contribution in [-0.2, 0) is 0 Å². The molecule has 0 heterocycles. The molecule has 0 radical (unpaired) electrons. The minimum Gasteiger partial charge on any atom is -0.435 e. The average Bonchev–Trinajstić information content (AvgIpc) is 2.45. The van der Waals surface area contributed by atoms with E-state index in [4.69, 9.17) is 0 Å². The molecule has 0 bridgehead atoms. The third kappa shape index (κ3) is 4.68. The summed E-state index contributed by atoms with van der Waals surface area (Å²) in [5, 5.41) is 12.7. The van der Waals surface area contributed by atoms with E-state index in [-0.39, 0.29) is 18.4 Å². The highest BCUT2D eigenvalue weighted by atomic mass is 79.9. The summed E-state index contributed by atoms with van der Waals surface area (Å²) in [7, 11) is 0. The first-order valence-corrected chi connectivity index (χ1v) is 7.05. The molecule has 0 spiro atoms. The summed E-state index contributed by atoms with van der Waals surface area (Å²) in [5.41, 5.74) is 1.62. The van der Waals surface area contributed by atoms with Gasteiger partial charge in [-0.15, -0.1) is 0 Å². The van der Waals surface area contributed by atoms with E-state index >= 15 is 0 Å².